The van der Waals surface area contributed by atoms with Gasteiger partial charge in [0.2, 0.25) is 11.8 Å². The van der Waals surface area contributed by atoms with Crippen LogP contribution < -0.4 is 16.8 Å². The largest absolute Gasteiger partial charge is 0.350 e. The highest BCUT2D eigenvalue weighted by molar-refractivity contribution is 5.90. The first-order chi connectivity index (χ1) is 13.6. The standard InChI is InChI=1S/C22H28N4O2/c23-14-17-9-4-5-10-18(17)15-25-21(27)20-11-6-12-26(20)22(28)19(24)13-16-7-2-1-3-8-16/h1-5,7-10,19-20H,6,11-15,23-24H2,(H,25,27)/t19-,20+/m1/s1. The molecule has 0 saturated carbocycles. The van der Waals surface area contributed by atoms with E-state index in [4.69, 9.17) is 11.5 Å². The monoisotopic (exact) mass is 380 g/mol. The van der Waals surface area contributed by atoms with E-state index in [9.17, 15) is 9.59 Å². The van der Waals surface area contributed by atoms with Gasteiger partial charge in [0.1, 0.15) is 6.04 Å². The minimum absolute atomic E-state index is 0.135. The van der Waals surface area contributed by atoms with Crippen LogP contribution in [0.1, 0.15) is 29.5 Å². The molecule has 3 rings (SSSR count). The second-order valence-corrected chi connectivity index (χ2v) is 7.18. The fraction of sp³-hybridized carbons (Fsp3) is 0.364. The number of rotatable bonds is 7. The Labute approximate surface area is 165 Å². The molecule has 1 saturated heterocycles. The molecule has 0 bridgehead atoms. The molecule has 2 aromatic carbocycles. The molecule has 6 nitrogen and oxygen atoms in total. The highest BCUT2D eigenvalue weighted by Crippen LogP contribution is 2.19. The van der Waals surface area contributed by atoms with E-state index in [-0.39, 0.29) is 11.8 Å². The third-order valence-electron chi connectivity index (χ3n) is 5.25. The molecule has 1 heterocycles. The molecule has 1 aliphatic rings. The van der Waals surface area contributed by atoms with Crippen molar-refractivity contribution in [2.45, 2.75) is 44.4 Å². The second kappa shape index (κ2) is 9.48. The Kier molecular flexibility index (Phi) is 6.79. The lowest BCUT2D eigenvalue weighted by molar-refractivity contribution is -0.139. The average molecular weight is 380 g/mol. The maximum absolute atomic E-state index is 12.8. The third-order valence-corrected chi connectivity index (χ3v) is 5.25. The van der Waals surface area contributed by atoms with Crippen LogP contribution in [0.4, 0.5) is 0 Å². The smallest absolute Gasteiger partial charge is 0.243 e. The van der Waals surface area contributed by atoms with E-state index in [0.29, 0.717) is 32.5 Å². The Morgan fingerprint density at radius 2 is 1.75 bits per heavy atom. The quantitative estimate of drug-likeness (QED) is 0.674. The lowest BCUT2D eigenvalue weighted by Gasteiger charge is -2.27. The molecule has 28 heavy (non-hydrogen) atoms. The molecule has 5 N–H and O–H groups in total. The summed E-state index contributed by atoms with van der Waals surface area (Å²) in [6, 6.07) is 16.4. The summed E-state index contributed by atoms with van der Waals surface area (Å²) in [5, 5.41) is 2.96. The van der Waals surface area contributed by atoms with E-state index in [0.717, 1.165) is 23.1 Å². The number of likely N-dealkylation sites (tertiary alicyclic amines) is 1. The highest BCUT2D eigenvalue weighted by Gasteiger charge is 2.36. The summed E-state index contributed by atoms with van der Waals surface area (Å²) in [4.78, 5) is 27.2. The first kappa shape index (κ1) is 20.0. The van der Waals surface area contributed by atoms with Crippen LogP contribution in [0, 0.1) is 0 Å². The van der Waals surface area contributed by atoms with Crippen molar-refractivity contribution in [2.75, 3.05) is 6.54 Å². The fourth-order valence-electron chi connectivity index (χ4n) is 3.70. The SMILES string of the molecule is NCc1ccccc1CNC(=O)[C@@H]1CCCN1C(=O)[C@H](N)Cc1ccccc1. The molecule has 0 aliphatic carbocycles. The number of amides is 2. The van der Waals surface area contributed by atoms with E-state index in [1.54, 1.807) is 4.90 Å². The Bertz CT molecular complexity index is 809. The van der Waals surface area contributed by atoms with Gasteiger partial charge >= 0.3 is 0 Å². The van der Waals surface area contributed by atoms with Gasteiger partial charge in [0.05, 0.1) is 6.04 Å². The number of nitrogens with two attached hydrogens (primary N) is 2. The van der Waals surface area contributed by atoms with Crippen LogP contribution in [0.25, 0.3) is 0 Å². The van der Waals surface area contributed by atoms with Gasteiger partial charge in [-0.15, -0.1) is 0 Å². The van der Waals surface area contributed by atoms with E-state index >= 15 is 0 Å². The number of hydrogen-bond donors (Lipinski definition) is 3. The number of carbonyl (C=O) groups is 2. The summed E-state index contributed by atoms with van der Waals surface area (Å²) in [6.45, 7) is 1.40. The molecule has 0 aromatic heterocycles. The van der Waals surface area contributed by atoms with Crippen LogP contribution in [0.5, 0.6) is 0 Å². The zero-order valence-corrected chi connectivity index (χ0v) is 16.0. The number of carbonyl (C=O) groups excluding carboxylic acids is 2. The van der Waals surface area contributed by atoms with Gasteiger partial charge in [-0.3, -0.25) is 9.59 Å². The molecule has 0 radical (unpaired) electrons. The van der Waals surface area contributed by atoms with Crippen LogP contribution in [0.3, 0.4) is 0 Å². The Morgan fingerprint density at radius 3 is 2.46 bits per heavy atom. The van der Waals surface area contributed by atoms with Gasteiger partial charge in [0.25, 0.3) is 0 Å². The summed E-state index contributed by atoms with van der Waals surface area (Å²) in [5.41, 5.74) is 14.9. The highest BCUT2D eigenvalue weighted by atomic mass is 16.2. The van der Waals surface area contributed by atoms with Crippen LogP contribution in [-0.4, -0.2) is 35.3 Å². The van der Waals surface area contributed by atoms with Crippen molar-refractivity contribution in [3.63, 3.8) is 0 Å². The van der Waals surface area contributed by atoms with Gasteiger partial charge in [0.15, 0.2) is 0 Å². The van der Waals surface area contributed by atoms with Gasteiger partial charge in [-0.05, 0) is 36.0 Å². The minimum atomic E-state index is -0.645. The van der Waals surface area contributed by atoms with Gasteiger partial charge in [-0.2, -0.15) is 0 Å². The molecule has 2 amide bonds. The normalized spacial score (nSPS) is 17.4. The summed E-state index contributed by atoms with van der Waals surface area (Å²) in [6.07, 6.45) is 1.93. The lowest BCUT2D eigenvalue weighted by atomic mass is 10.0. The fourth-order valence-corrected chi connectivity index (χ4v) is 3.70. The van der Waals surface area contributed by atoms with Crippen LogP contribution in [-0.2, 0) is 29.1 Å². The first-order valence-corrected chi connectivity index (χ1v) is 9.74. The van der Waals surface area contributed by atoms with Gasteiger partial charge in [-0.25, -0.2) is 0 Å². The molecular formula is C22H28N4O2. The van der Waals surface area contributed by atoms with E-state index in [1.807, 2.05) is 54.6 Å². The molecule has 0 unspecified atom stereocenters. The second-order valence-electron chi connectivity index (χ2n) is 7.18. The molecular weight excluding hydrogens is 352 g/mol. The summed E-state index contributed by atoms with van der Waals surface area (Å²) in [7, 11) is 0. The van der Waals surface area contributed by atoms with Crippen LogP contribution in [0.15, 0.2) is 54.6 Å². The molecule has 6 heteroatoms. The van der Waals surface area contributed by atoms with Crippen molar-refractivity contribution in [1.29, 1.82) is 0 Å². The summed E-state index contributed by atoms with van der Waals surface area (Å²) in [5.74, 6) is -0.298. The van der Waals surface area contributed by atoms with Crippen molar-refractivity contribution in [1.82, 2.24) is 10.2 Å². The van der Waals surface area contributed by atoms with Crippen molar-refractivity contribution in [3.05, 3.63) is 71.3 Å². The number of hydrogen-bond acceptors (Lipinski definition) is 4. The van der Waals surface area contributed by atoms with Crippen LogP contribution >= 0.6 is 0 Å². The van der Waals surface area contributed by atoms with Crippen molar-refractivity contribution >= 4 is 11.8 Å². The summed E-state index contributed by atoms with van der Waals surface area (Å²) >= 11 is 0. The molecule has 1 fully saturated rings. The lowest BCUT2D eigenvalue weighted by Crippen LogP contribution is -2.51. The Morgan fingerprint density at radius 1 is 1.07 bits per heavy atom. The molecule has 148 valence electrons. The van der Waals surface area contributed by atoms with Gasteiger partial charge in [-0.1, -0.05) is 54.6 Å². The zero-order valence-electron chi connectivity index (χ0n) is 16.0. The zero-order chi connectivity index (χ0) is 19.9. The number of benzene rings is 2. The molecule has 2 aromatic rings. The topological polar surface area (TPSA) is 101 Å². The maximum atomic E-state index is 12.8. The molecule has 2 atom stereocenters. The predicted octanol–water partition coefficient (Wildman–Crippen LogP) is 1.32. The van der Waals surface area contributed by atoms with E-state index in [2.05, 4.69) is 5.32 Å². The average Bonchev–Trinajstić information content (AvgIpc) is 3.22. The Hall–Kier alpha value is -2.70. The van der Waals surface area contributed by atoms with Crippen LogP contribution in [0.2, 0.25) is 0 Å². The Balaban J connectivity index is 1.60. The van der Waals surface area contributed by atoms with Crippen molar-refractivity contribution in [2.24, 2.45) is 11.5 Å². The van der Waals surface area contributed by atoms with Crippen molar-refractivity contribution < 1.29 is 9.59 Å². The van der Waals surface area contributed by atoms with E-state index in [1.165, 1.54) is 0 Å². The third kappa shape index (κ3) is 4.77. The van der Waals surface area contributed by atoms with Gasteiger partial charge < -0.3 is 21.7 Å². The molecule has 0 spiro atoms. The summed E-state index contributed by atoms with van der Waals surface area (Å²) < 4.78 is 0. The number of nitrogens with one attached hydrogen (secondary N) is 1. The first-order valence-electron chi connectivity index (χ1n) is 9.74. The van der Waals surface area contributed by atoms with Gasteiger partial charge in [0, 0.05) is 19.6 Å². The maximum Gasteiger partial charge on any atom is 0.243 e. The van der Waals surface area contributed by atoms with E-state index < -0.39 is 12.1 Å². The van der Waals surface area contributed by atoms with Crippen molar-refractivity contribution in [3.8, 4) is 0 Å². The minimum Gasteiger partial charge on any atom is -0.350 e. The predicted molar refractivity (Wildman–Crippen MR) is 109 cm³/mol. The number of nitrogens with zero attached hydrogens (tertiary/aromatic N) is 1. The molecule has 1 aliphatic heterocycles.